The number of nitrogens with zero attached hydrogens (tertiary/aromatic N) is 1. The van der Waals surface area contributed by atoms with Crippen LogP contribution in [0.25, 0.3) is 10.8 Å². The molecule has 0 spiro atoms. The molecule has 0 aliphatic carbocycles. The number of benzene rings is 2. The maximum atomic E-state index is 12.2. The lowest BCUT2D eigenvalue weighted by atomic mass is 10.1. The van der Waals surface area contributed by atoms with Crippen LogP contribution >= 0.6 is 0 Å². The third kappa shape index (κ3) is 2.50. The normalized spacial score (nSPS) is 24.0. The lowest BCUT2D eigenvalue weighted by molar-refractivity contribution is -1.12. The molecule has 1 fully saturated rings. The smallest absolute Gasteiger partial charge is 0.369 e. The first-order valence-electron chi connectivity index (χ1n) is 6.85. The minimum absolute atomic E-state index is 0.328. The molecule has 4 N–H and O–H groups in total. The molecule has 23 heavy (non-hydrogen) atoms. The monoisotopic (exact) mass is 316 g/mol. The van der Waals surface area contributed by atoms with Crippen LogP contribution in [0.3, 0.4) is 0 Å². The third-order valence-electron chi connectivity index (χ3n) is 3.66. The summed E-state index contributed by atoms with van der Waals surface area (Å²) in [4.78, 5) is 37.0. The minimum Gasteiger partial charge on any atom is -0.369 e. The molecule has 3 rings (SSSR count). The van der Waals surface area contributed by atoms with Crippen LogP contribution in [-0.2, 0) is 14.4 Å². The van der Waals surface area contributed by atoms with Gasteiger partial charge in [-0.05, 0) is 11.5 Å². The second kappa shape index (κ2) is 5.34. The molecule has 8 heteroatoms. The Kier molecular flexibility index (Phi) is 3.47. The first-order valence-corrected chi connectivity index (χ1v) is 6.85. The molecule has 2 unspecified atom stereocenters. The Hall–Kier alpha value is -2.97. The molecule has 0 bridgehead atoms. The Morgan fingerprint density at radius 3 is 2.65 bits per heavy atom. The van der Waals surface area contributed by atoms with E-state index >= 15 is 0 Å². The van der Waals surface area contributed by atoms with Crippen molar-refractivity contribution in [2.45, 2.75) is 12.5 Å². The Morgan fingerprint density at radius 2 is 1.91 bits per heavy atom. The van der Waals surface area contributed by atoms with Gasteiger partial charge in [-0.1, -0.05) is 36.4 Å². The number of rotatable bonds is 3. The van der Waals surface area contributed by atoms with Crippen molar-refractivity contribution in [3.63, 3.8) is 0 Å². The highest BCUT2D eigenvalue weighted by molar-refractivity contribution is 6.00. The Morgan fingerprint density at radius 1 is 1.22 bits per heavy atom. The number of anilines is 1. The maximum Gasteiger partial charge on any atom is 0.465 e. The van der Waals surface area contributed by atoms with Crippen molar-refractivity contribution in [1.82, 2.24) is 0 Å². The summed E-state index contributed by atoms with van der Waals surface area (Å²) in [6.07, 6.45) is -1.74. The van der Waals surface area contributed by atoms with Gasteiger partial charge in [0.05, 0.1) is 0 Å². The van der Waals surface area contributed by atoms with Gasteiger partial charge in [-0.2, -0.15) is 5.21 Å². The van der Waals surface area contributed by atoms with Crippen molar-refractivity contribution in [1.29, 1.82) is 0 Å². The van der Waals surface area contributed by atoms with E-state index in [2.05, 4.69) is 10.2 Å². The first-order chi connectivity index (χ1) is 10.9. The van der Waals surface area contributed by atoms with E-state index in [1.807, 2.05) is 30.3 Å². The predicted octanol–water partition coefficient (Wildman–Crippen LogP) is 1.29. The van der Waals surface area contributed by atoms with Crippen LogP contribution in [-0.4, -0.2) is 34.0 Å². The fraction of sp³-hybridized carbons (Fsp3) is 0.133. The standard InChI is InChI=1S/C15H13N3O5/c16-15(21)23-18(22)13(19)8-12(14(18)20)17-11-7-3-5-9-4-1-2-6-10(9)11/h1-7,12,17,22H,8H2,(H-,16,21)/p+1. The summed E-state index contributed by atoms with van der Waals surface area (Å²) in [7, 11) is 0. The van der Waals surface area contributed by atoms with Crippen LogP contribution in [0.4, 0.5) is 10.5 Å². The van der Waals surface area contributed by atoms with Gasteiger partial charge in [0.2, 0.25) is 0 Å². The third-order valence-corrected chi connectivity index (χ3v) is 3.66. The van der Waals surface area contributed by atoms with Crippen molar-refractivity contribution in [2.24, 2.45) is 5.73 Å². The van der Waals surface area contributed by atoms with Crippen LogP contribution in [0.2, 0.25) is 0 Å². The molecule has 1 saturated heterocycles. The van der Waals surface area contributed by atoms with E-state index in [1.54, 1.807) is 12.1 Å². The minimum atomic E-state index is -2.07. The number of fused-ring (bicyclic) bond motifs is 1. The van der Waals surface area contributed by atoms with E-state index in [4.69, 9.17) is 5.73 Å². The molecule has 8 nitrogen and oxygen atoms in total. The van der Waals surface area contributed by atoms with Crippen LogP contribution in [0.1, 0.15) is 6.42 Å². The van der Waals surface area contributed by atoms with E-state index in [0.717, 1.165) is 10.8 Å². The number of nitrogens with one attached hydrogen (secondary N) is 1. The summed E-state index contributed by atoms with van der Waals surface area (Å²) in [6.45, 7) is 0. The largest absolute Gasteiger partial charge is 0.465 e. The zero-order chi connectivity index (χ0) is 16.6. The number of hydroxylamine groups is 4. The molecule has 118 valence electrons. The van der Waals surface area contributed by atoms with Crippen LogP contribution in [0.15, 0.2) is 42.5 Å². The van der Waals surface area contributed by atoms with Gasteiger partial charge < -0.3 is 11.1 Å². The number of carbonyl (C=O) groups excluding carboxylic acids is 3. The van der Waals surface area contributed by atoms with Gasteiger partial charge in [0.25, 0.3) is 0 Å². The van der Waals surface area contributed by atoms with Crippen LogP contribution in [0.5, 0.6) is 0 Å². The molecule has 2 aromatic rings. The molecule has 1 heterocycles. The highest BCUT2D eigenvalue weighted by Gasteiger charge is 2.61. The second-order valence-electron chi connectivity index (χ2n) is 5.15. The second-order valence-corrected chi connectivity index (χ2v) is 5.15. The van der Waals surface area contributed by atoms with Gasteiger partial charge in [0.15, 0.2) is 6.04 Å². The van der Waals surface area contributed by atoms with Crippen molar-refractivity contribution < 1.29 is 29.2 Å². The van der Waals surface area contributed by atoms with Crippen molar-refractivity contribution in [2.75, 3.05) is 5.32 Å². The Balaban J connectivity index is 1.90. The average molecular weight is 316 g/mol. The Labute approximate surface area is 130 Å². The SMILES string of the molecule is NC(=O)O[N+]1(O)C(=O)CC(Nc2cccc3ccccc23)C1=O. The molecule has 3 amide bonds. The number of nitrogens with two attached hydrogens (primary N) is 1. The van der Waals surface area contributed by atoms with Gasteiger partial charge in [-0.15, -0.1) is 0 Å². The number of imide groups is 1. The Bertz CT molecular complexity index is 816. The fourth-order valence-corrected chi connectivity index (χ4v) is 2.60. The van der Waals surface area contributed by atoms with E-state index in [0.29, 0.717) is 5.69 Å². The summed E-state index contributed by atoms with van der Waals surface area (Å²) in [5.74, 6) is -1.96. The summed E-state index contributed by atoms with van der Waals surface area (Å²) in [6, 6.07) is 11.9. The molecule has 0 saturated carbocycles. The van der Waals surface area contributed by atoms with E-state index < -0.39 is 28.8 Å². The predicted molar refractivity (Wildman–Crippen MR) is 78.7 cm³/mol. The van der Waals surface area contributed by atoms with E-state index in [-0.39, 0.29) is 6.42 Å². The zero-order valence-corrected chi connectivity index (χ0v) is 11.9. The molecule has 1 aliphatic heterocycles. The van der Waals surface area contributed by atoms with Crippen LogP contribution in [0, 0.1) is 0 Å². The molecule has 0 aromatic heterocycles. The zero-order valence-electron chi connectivity index (χ0n) is 11.9. The number of hydrogen-bond donors (Lipinski definition) is 3. The number of primary amides is 1. The highest BCUT2D eigenvalue weighted by Crippen LogP contribution is 2.28. The van der Waals surface area contributed by atoms with Crippen molar-refractivity contribution in [3.05, 3.63) is 42.5 Å². The van der Waals surface area contributed by atoms with Crippen LogP contribution < -0.4 is 11.1 Å². The number of amides is 3. The molecule has 2 atom stereocenters. The van der Waals surface area contributed by atoms with Gasteiger partial charge in [0.1, 0.15) is 11.2 Å². The van der Waals surface area contributed by atoms with Gasteiger partial charge >= 0.3 is 17.9 Å². The van der Waals surface area contributed by atoms with Crippen molar-refractivity contribution in [3.8, 4) is 0 Å². The summed E-state index contributed by atoms with van der Waals surface area (Å²) < 4.78 is 0. The molecule has 1 aliphatic rings. The summed E-state index contributed by atoms with van der Waals surface area (Å²) in [5, 5.41) is 14.7. The summed E-state index contributed by atoms with van der Waals surface area (Å²) >= 11 is 0. The number of quaternary nitrogens is 1. The fourth-order valence-electron chi connectivity index (χ4n) is 2.60. The topological polar surface area (TPSA) is 119 Å². The number of carbonyl (C=O) groups is 3. The highest BCUT2D eigenvalue weighted by atomic mass is 17.0. The van der Waals surface area contributed by atoms with E-state index in [9.17, 15) is 19.6 Å². The summed E-state index contributed by atoms with van der Waals surface area (Å²) in [5.41, 5.74) is 5.42. The lowest BCUT2D eigenvalue weighted by Crippen LogP contribution is -2.53. The number of hydrogen-bond acceptors (Lipinski definition) is 6. The van der Waals surface area contributed by atoms with E-state index in [1.165, 1.54) is 0 Å². The first kappa shape index (κ1) is 14.9. The molecule has 0 radical (unpaired) electrons. The quantitative estimate of drug-likeness (QED) is 0.446. The van der Waals surface area contributed by atoms with Gasteiger partial charge in [0, 0.05) is 11.1 Å². The van der Waals surface area contributed by atoms with Gasteiger partial charge in [-0.3, -0.25) is 0 Å². The van der Waals surface area contributed by atoms with Crippen molar-refractivity contribution >= 4 is 34.4 Å². The molecular weight excluding hydrogens is 302 g/mol. The van der Waals surface area contributed by atoms with Gasteiger partial charge in [-0.25, -0.2) is 19.2 Å². The average Bonchev–Trinajstić information content (AvgIpc) is 2.71. The molecular formula is C15H14N3O5+. The maximum absolute atomic E-state index is 12.2. The lowest BCUT2D eigenvalue weighted by Gasteiger charge is -2.16. The molecule has 2 aromatic carbocycles.